The molecule has 1 unspecified atom stereocenters. The number of halogens is 1. The van der Waals surface area contributed by atoms with Crippen LogP contribution in [0.4, 0.5) is 5.69 Å². The maximum Gasteiger partial charge on any atom is 0.237 e. The first-order valence-corrected chi connectivity index (χ1v) is 8.43. The van der Waals surface area contributed by atoms with Gasteiger partial charge in [0.1, 0.15) is 5.82 Å². The van der Waals surface area contributed by atoms with E-state index in [0.29, 0.717) is 16.7 Å². The summed E-state index contributed by atoms with van der Waals surface area (Å²) in [5, 5.41) is 12.1. The SMILES string of the molecule is C=CCn1c(C)nnc1SC(C)C(=O)Nc1cccc(Cl)c1C. The number of aryl methyl sites for hydroxylation is 1. The molecule has 0 fully saturated rings. The van der Waals surface area contributed by atoms with Crippen LogP contribution in [-0.2, 0) is 11.3 Å². The van der Waals surface area contributed by atoms with Gasteiger partial charge in [0.15, 0.2) is 5.16 Å². The Hall–Kier alpha value is -1.79. The maximum atomic E-state index is 12.4. The summed E-state index contributed by atoms with van der Waals surface area (Å²) in [4.78, 5) is 12.4. The molecule has 1 aromatic carbocycles. The summed E-state index contributed by atoms with van der Waals surface area (Å²) in [6.45, 7) is 9.93. The molecule has 0 spiro atoms. The van der Waals surface area contributed by atoms with E-state index in [1.807, 2.05) is 37.5 Å². The lowest BCUT2D eigenvalue weighted by Crippen LogP contribution is -2.23. The third-order valence-corrected chi connectivity index (χ3v) is 4.88. The fourth-order valence-electron chi connectivity index (χ4n) is 1.98. The van der Waals surface area contributed by atoms with E-state index >= 15 is 0 Å². The molecule has 2 aromatic rings. The maximum absolute atomic E-state index is 12.4. The zero-order valence-corrected chi connectivity index (χ0v) is 14.9. The molecule has 0 radical (unpaired) electrons. The van der Waals surface area contributed by atoms with Gasteiger partial charge in [0.05, 0.1) is 5.25 Å². The van der Waals surface area contributed by atoms with Crippen molar-refractivity contribution in [2.45, 2.75) is 37.7 Å². The van der Waals surface area contributed by atoms with Crippen molar-refractivity contribution in [1.29, 1.82) is 0 Å². The van der Waals surface area contributed by atoms with Crippen molar-refractivity contribution in [3.05, 3.63) is 47.3 Å². The molecule has 0 saturated carbocycles. The first-order valence-electron chi connectivity index (χ1n) is 7.17. The molecule has 0 aliphatic rings. The summed E-state index contributed by atoms with van der Waals surface area (Å²) < 4.78 is 1.92. The van der Waals surface area contributed by atoms with Crippen LogP contribution in [0.3, 0.4) is 0 Å². The van der Waals surface area contributed by atoms with E-state index in [1.165, 1.54) is 11.8 Å². The van der Waals surface area contributed by atoms with Crippen molar-refractivity contribution < 1.29 is 4.79 Å². The minimum absolute atomic E-state index is 0.105. The van der Waals surface area contributed by atoms with Gasteiger partial charge in [-0.15, -0.1) is 16.8 Å². The van der Waals surface area contributed by atoms with Gasteiger partial charge in [-0.3, -0.25) is 4.79 Å². The predicted molar refractivity (Wildman–Crippen MR) is 95.1 cm³/mol. The fourth-order valence-corrected chi connectivity index (χ4v) is 3.06. The van der Waals surface area contributed by atoms with Crippen LogP contribution >= 0.6 is 23.4 Å². The van der Waals surface area contributed by atoms with E-state index in [2.05, 4.69) is 22.1 Å². The number of anilines is 1. The number of amides is 1. The molecule has 1 heterocycles. The molecule has 122 valence electrons. The fraction of sp³-hybridized carbons (Fsp3) is 0.312. The summed E-state index contributed by atoms with van der Waals surface area (Å²) in [6, 6.07) is 5.44. The molecule has 0 bridgehead atoms. The van der Waals surface area contributed by atoms with Crippen molar-refractivity contribution in [1.82, 2.24) is 14.8 Å². The van der Waals surface area contributed by atoms with Crippen molar-refractivity contribution in [2.75, 3.05) is 5.32 Å². The highest BCUT2D eigenvalue weighted by Crippen LogP contribution is 2.26. The van der Waals surface area contributed by atoms with Gasteiger partial charge in [-0.05, 0) is 38.5 Å². The lowest BCUT2D eigenvalue weighted by molar-refractivity contribution is -0.115. The monoisotopic (exact) mass is 350 g/mol. The highest BCUT2D eigenvalue weighted by Gasteiger charge is 2.19. The number of hydrogen-bond acceptors (Lipinski definition) is 4. The molecule has 0 aliphatic carbocycles. The molecule has 2 rings (SSSR count). The Labute approximate surface area is 145 Å². The number of benzene rings is 1. The van der Waals surface area contributed by atoms with Crippen LogP contribution in [-0.4, -0.2) is 25.9 Å². The van der Waals surface area contributed by atoms with Gasteiger partial charge >= 0.3 is 0 Å². The van der Waals surface area contributed by atoms with Crippen LogP contribution in [0.15, 0.2) is 36.0 Å². The second kappa shape index (κ2) is 7.66. The van der Waals surface area contributed by atoms with Gasteiger partial charge in [0.25, 0.3) is 0 Å². The second-order valence-electron chi connectivity index (χ2n) is 5.09. The van der Waals surface area contributed by atoms with Gasteiger partial charge in [0, 0.05) is 17.3 Å². The van der Waals surface area contributed by atoms with Crippen LogP contribution < -0.4 is 5.32 Å². The van der Waals surface area contributed by atoms with E-state index in [9.17, 15) is 4.79 Å². The van der Waals surface area contributed by atoms with Crippen LogP contribution in [0.25, 0.3) is 0 Å². The molecule has 0 saturated heterocycles. The molecule has 23 heavy (non-hydrogen) atoms. The molecule has 1 amide bonds. The topological polar surface area (TPSA) is 59.8 Å². The number of carbonyl (C=O) groups excluding carboxylic acids is 1. The Balaban J connectivity index is 2.08. The Kier molecular flexibility index (Phi) is 5.85. The highest BCUT2D eigenvalue weighted by molar-refractivity contribution is 8.00. The van der Waals surface area contributed by atoms with Gasteiger partial charge in [-0.2, -0.15) is 0 Å². The Morgan fingerprint density at radius 3 is 2.91 bits per heavy atom. The van der Waals surface area contributed by atoms with Crippen LogP contribution in [0.5, 0.6) is 0 Å². The standard InChI is InChI=1S/C16H19ClN4OS/c1-5-9-21-12(4)19-20-16(21)23-11(3)15(22)18-14-8-6-7-13(17)10(14)2/h5-8,11H,1,9H2,2-4H3,(H,18,22). The Bertz CT molecular complexity index is 729. The third-order valence-electron chi connectivity index (χ3n) is 3.39. The van der Waals surface area contributed by atoms with Crippen molar-refractivity contribution in [2.24, 2.45) is 0 Å². The number of carbonyl (C=O) groups is 1. The molecule has 1 atom stereocenters. The number of hydrogen-bond donors (Lipinski definition) is 1. The lowest BCUT2D eigenvalue weighted by Gasteiger charge is -2.14. The van der Waals surface area contributed by atoms with Crippen LogP contribution in [0.1, 0.15) is 18.3 Å². The van der Waals surface area contributed by atoms with Crippen molar-refractivity contribution in [3.63, 3.8) is 0 Å². The minimum atomic E-state index is -0.319. The summed E-state index contributed by atoms with van der Waals surface area (Å²) in [5.41, 5.74) is 1.57. The number of nitrogens with one attached hydrogen (secondary N) is 1. The number of rotatable bonds is 6. The number of aromatic nitrogens is 3. The van der Waals surface area contributed by atoms with Crippen LogP contribution in [0.2, 0.25) is 5.02 Å². The Morgan fingerprint density at radius 2 is 2.22 bits per heavy atom. The highest BCUT2D eigenvalue weighted by atomic mass is 35.5. The molecular weight excluding hydrogens is 332 g/mol. The number of allylic oxidation sites excluding steroid dienone is 1. The molecule has 1 N–H and O–H groups in total. The zero-order chi connectivity index (χ0) is 17.0. The number of nitrogens with zero attached hydrogens (tertiary/aromatic N) is 3. The Morgan fingerprint density at radius 1 is 1.48 bits per heavy atom. The van der Waals surface area contributed by atoms with Crippen molar-refractivity contribution in [3.8, 4) is 0 Å². The summed E-state index contributed by atoms with van der Waals surface area (Å²) in [7, 11) is 0. The summed E-state index contributed by atoms with van der Waals surface area (Å²) in [5.74, 6) is 0.692. The van der Waals surface area contributed by atoms with E-state index in [-0.39, 0.29) is 11.2 Å². The number of thioether (sulfide) groups is 1. The van der Waals surface area contributed by atoms with Gasteiger partial charge < -0.3 is 9.88 Å². The van der Waals surface area contributed by atoms with E-state index < -0.39 is 0 Å². The molecule has 0 aliphatic heterocycles. The molecule has 1 aromatic heterocycles. The quantitative estimate of drug-likeness (QED) is 0.635. The molecule has 7 heteroatoms. The first-order chi connectivity index (χ1) is 10.9. The summed E-state index contributed by atoms with van der Waals surface area (Å²) >= 11 is 7.44. The van der Waals surface area contributed by atoms with E-state index in [1.54, 1.807) is 12.1 Å². The smallest absolute Gasteiger partial charge is 0.237 e. The predicted octanol–water partition coefficient (Wildman–Crippen LogP) is 3.85. The zero-order valence-electron chi connectivity index (χ0n) is 13.3. The summed E-state index contributed by atoms with van der Waals surface area (Å²) in [6.07, 6.45) is 1.78. The minimum Gasteiger partial charge on any atom is -0.325 e. The third kappa shape index (κ3) is 4.14. The van der Waals surface area contributed by atoms with Crippen molar-refractivity contribution >= 4 is 35.0 Å². The average molecular weight is 351 g/mol. The largest absolute Gasteiger partial charge is 0.325 e. The average Bonchev–Trinajstić information content (AvgIpc) is 2.85. The van der Waals surface area contributed by atoms with E-state index in [0.717, 1.165) is 17.1 Å². The van der Waals surface area contributed by atoms with Crippen LogP contribution in [0, 0.1) is 13.8 Å². The van der Waals surface area contributed by atoms with Gasteiger partial charge in [-0.25, -0.2) is 0 Å². The lowest BCUT2D eigenvalue weighted by atomic mass is 10.2. The van der Waals surface area contributed by atoms with Gasteiger partial charge in [0.2, 0.25) is 5.91 Å². The van der Waals surface area contributed by atoms with E-state index in [4.69, 9.17) is 11.6 Å². The molecular formula is C16H19ClN4OS. The first kappa shape index (κ1) is 17.6. The van der Waals surface area contributed by atoms with Gasteiger partial charge in [-0.1, -0.05) is 35.5 Å². The normalized spacial score (nSPS) is 12.0. The second-order valence-corrected chi connectivity index (χ2v) is 6.81. The molecule has 5 nitrogen and oxygen atoms in total.